The second-order valence-corrected chi connectivity index (χ2v) is 7.35. The third-order valence-corrected chi connectivity index (χ3v) is 4.43. The average Bonchev–Trinajstić information content (AvgIpc) is 2.70. The zero-order chi connectivity index (χ0) is 13.8. The van der Waals surface area contributed by atoms with Gasteiger partial charge in [0.15, 0.2) is 0 Å². The fourth-order valence-electron chi connectivity index (χ4n) is 2.54. The second kappa shape index (κ2) is 4.70. The van der Waals surface area contributed by atoms with E-state index >= 15 is 0 Å². The number of hydrogen-bond donors (Lipinski definition) is 0. The van der Waals surface area contributed by atoms with Gasteiger partial charge in [-0.2, -0.15) is 0 Å². The fourth-order valence-corrected chi connectivity index (χ4v) is 2.54. The molecule has 1 aliphatic heterocycles. The van der Waals surface area contributed by atoms with Crippen LogP contribution in [0.5, 0.6) is 0 Å². The molecule has 1 aliphatic rings. The Balaban J connectivity index is 0.00000180. The van der Waals surface area contributed by atoms with E-state index in [0.717, 1.165) is 5.66 Å². The van der Waals surface area contributed by atoms with E-state index in [9.17, 15) is 0 Å². The fraction of sp³-hybridized carbons (Fsp3) is 0.714. The first-order valence-electron chi connectivity index (χ1n) is 6.60. The van der Waals surface area contributed by atoms with Crippen LogP contribution in [0.3, 0.4) is 0 Å². The van der Waals surface area contributed by atoms with Crippen molar-refractivity contribution in [3.63, 3.8) is 0 Å². The average molecular weight is 258 g/mol. The molecule has 0 saturated carbocycles. The predicted octanol–water partition coefficient (Wildman–Crippen LogP) is 0.337. The van der Waals surface area contributed by atoms with Gasteiger partial charge in [0, 0.05) is 16.9 Å². The number of rotatable bonds is 1. The Labute approximate surface area is 128 Å². The maximum absolute atomic E-state index is 6.41. The van der Waals surface area contributed by atoms with Crippen LogP contribution < -0.4 is 24.5 Å². The van der Waals surface area contributed by atoms with Crippen molar-refractivity contribution in [2.24, 2.45) is 0 Å². The quantitative estimate of drug-likeness (QED) is 0.681. The van der Waals surface area contributed by atoms with E-state index < -0.39 is 6.55 Å². The third-order valence-electron chi connectivity index (χ3n) is 4.43. The van der Waals surface area contributed by atoms with Crippen molar-refractivity contribution < 1.29 is 32.6 Å². The summed E-state index contributed by atoms with van der Waals surface area (Å²) in [6, 6.07) is 3.83. The van der Waals surface area contributed by atoms with Crippen molar-refractivity contribution in [2.75, 3.05) is 0 Å². The summed E-state index contributed by atoms with van der Waals surface area (Å²) in [4.78, 5) is 0. The molecule has 0 unspecified atom stereocenters. The molecule has 2 heterocycles. The number of furan rings is 1. The molecule has 2 rings (SSSR count). The Morgan fingerprint density at radius 1 is 1.00 bits per heavy atom. The van der Waals surface area contributed by atoms with Gasteiger partial charge in [-0.05, 0) is 33.8 Å². The minimum atomic E-state index is -1.63. The smallest absolute Gasteiger partial charge is 0.556 e. The van der Waals surface area contributed by atoms with Crippen LogP contribution in [0, 0.1) is 0 Å². The molecule has 3 nitrogen and oxygen atoms in total. The van der Waals surface area contributed by atoms with Crippen molar-refractivity contribution in [1.82, 2.24) is 0 Å². The molecule has 1 fully saturated rings. The topological polar surface area (TPSA) is 31.6 Å². The molecule has 0 aliphatic carbocycles. The van der Waals surface area contributed by atoms with Crippen LogP contribution in [-0.4, -0.2) is 17.8 Å². The number of hydrogen-bond acceptors (Lipinski definition) is 3. The van der Waals surface area contributed by atoms with E-state index in [0.29, 0.717) is 0 Å². The molecule has 0 atom stereocenters. The zero-order valence-corrected chi connectivity index (χ0v) is 13.5. The summed E-state index contributed by atoms with van der Waals surface area (Å²) < 4.78 is 18.4. The first kappa shape index (κ1) is 16.9. The van der Waals surface area contributed by atoms with Crippen molar-refractivity contribution in [3.05, 3.63) is 18.4 Å². The van der Waals surface area contributed by atoms with Gasteiger partial charge >= 0.3 is 25.4 Å². The van der Waals surface area contributed by atoms with E-state index in [1.807, 2.05) is 12.1 Å². The first-order valence-corrected chi connectivity index (χ1v) is 6.60. The molecule has 1 aromatic heterocycles. The standard InChI is InChI=1S/C14H24BO3.Li/c1-12(2,3)15(11-9-8-10-16-11)17-13(4,5)14(6,7)18-15;/h8-10H,1-7H3;/q-1;+1. The summed E-state index contributed by atoms with van der Waals surface area (Å²) in [5, 5.41) is -0.164. The minimum absolute atomic E-state index is 0. The molecule has 0 N–H and O–H groups in total. The van der Waals surface area contributed by atoms with Gasteiger partial charge in [-0.25, -0.2) is 0 Å². The monoisotopic (exact) mass is 258 g/mol. The molecule has 19 heavy (non-hydrogen) atoms. The second-order valence-electron chi connectivity index (χ2n) is 7.35. The molecule has 0 radical (unpaired) electrons. The van der Waals surface area contributed by atoms with Gasteiger partial charge in [-0.1, -0.05) is 26.8 Å². The van der Waals surface area contributed by atoms with Crippen LogP contribution in [-0.2, 0) is 9.31 Å². The summed E-state index contributed by atoms with van der Waals surface area (Å²) in [6.45, 7) is 13.1. The van der Waals surface area contributed by atoms with E-state index in [-0.39, 0.29) is 35.4 Å². The molecule has 0 bridgehead atoms. The SMILES string of the molecule is CC(C)(C)[B-]1(c2ccco2)OC(C)(C)C(C)(C)O1.[Li+]. The van der Waals surface area contributed by atoms with E-state index in [1.54, 1.807) is 6.26 Å². The Morgan fingerprint density at radius 3 is 1.79 bits per heavy atom. The van der Waals surface area contributed by atoms with Crippen LogP contribution in [0.25, 0.3) is 0 Å². The van der Waals surface area contributed by atoms with E-state index in [1.165, 1.54) is 0 Å². The largest absolute Gasteiger partial charge is 1.00 e. The molecule has 5 heteroatoms. The predicted molar refractivity (Wildman–Crippen MR) is 74.1 cm³/mol. The Hall–Kier alpha value is -0.138. The maximum atomic E-state index is 6.41. The molecular weight excluding hydrogens is 234 g/mol. The van der Waals surface area contributed by atoms with Crippen molar-refractivity contribution >= 4 is 12.2 Å². The van der Waals surface area contributed by atoms with Crippen LogP contribution in [0.15, 0.2) is 22.8 Å². The summed E-state index contributed by atoms with van der Waals surface area (Å²) in [5.41, 5.74) is 0.0845. The van der Waals surface area contributed by atoms with Gasteiger partial charge in [0.05, 0.1) is 6.26 Å². The van der Waals surface area contributed by atoms with Crippen LogP contribution in [0.1, 0.15) is 48.5 Å². The Kier molecular flexibility index (Phi) is 4.19. The van der Waals surface area contributed by atoms with Gasteiger partial charge in [0.25, 0.3) is 0 Å². The van der Waals surface area contributed by atoms with Crippen molar-refractivity contribution in [3.8, 4) is 0 Å². The van der Waals surface area contributed by atoms with Crippen LogP contribution >= 0.6 is 0 Å². The molecule has 102 valence electrons. The first-order chi connectivity index (χ1) is 8.02. The van der Waals surface area contributed by atoms with Gasteiger partial charge in [0.2, 0.25) is 0 Å². The summed E-state index contributed by atoms with van der Waals surface area (Å²) in [7, 11) is 0. The Bertz CT molecular complexity index is 416. The minimum Gasteiger partial charge on any atom is -0.556 e. The van der Waals surface area contributed by atoms with Gasteiger partial charge < -0.3 is 13.7 Å². The maximum Gasteiger partial charge on any atom is 1.00 e. The van der Waals surface area contributed by atoms with Gasteiger partial charge in [0.1, 0.15) is 0 Å². The molecule has 0 spiro atoms. The van der Waals surface area contributed by atoms with Crippen LogP contribution in [0.2, 0.25) is 5.31 Å². The molecule has 1 aromatic rings. The Morgan fingerprint density at radius 2 is 1.47 bits per heavy atom. The van der Waals surface area contributed by atoms with Crippen molar-refractivity contribution in [1.29, 1.82) is 0 Å². The van der Waals surface area contributed by atoms with E-state index in [2.05, 4.69) is 48.5 Å². The van der Waals surface area contributed by atoms with E-state index in [4.69, 9.17) is 13.7 Å². The molecule has 0 aromatic carbocycles. The molecular formula is C14H24BLiO3. The molecule has 1 saturated heterocycles. The van der Waals surface area contributed by atoms with Gasteiger partial charge in [-0.15, -0.1) is 5.31 Å². The van der Waals surface area contributed by atoms with Gasteiger partial charge in [-0.3, -0.25) is 0 Å². The zero-order valence-electron chi connectivity index (χ0n) is 13.5. The summed E-state index contributed by atoms with van der Waals surface area (Å²) in [5.74, 6) is 0. The third kappa shape index (κ3) is 2.45. The van der Waals surface area contributed by atoms with Crippen molar-refractivity contribution in [2.45, 2.75) is 65.0 Å². The summed E-state index contributed by atoms with van der Waals surface area (Å²) in [6.07, 6.45) is 1.68. The summed E-state index contributed by atoms with van der Waals surface area (Å²) >= 11 is 0. The van der Waals surface area contributed by atoms with Crippen LogP contribution in [0.4, 0.5) is 0 Å². The normalized spacial score (nSPS) is 23.9. The molecule has 0 amide bonds.